The zero-order valence-electron chi connectivity index (χ0n) is 10.7. The van der Waals surface area contributed by atoms with E-state index in [0.29, 0.717) is 35.2 Å². The molecule has 102 valence electrons. The molecule has 0 fully saturated rings. The van der Waals surface area contributed by atoms with E-state index in [0.717, 1.165) is 5.69 Å². The summed E-state index contributed by atoms with van der Waals surface area (Å²) in [7, 11) is 0. The lowest BCUT2D eigenvalue weighted by atomic mass is 10.1. The number of halogens is 1. The number of para-hydroxylation sites is 3. The third-order valence-electron chi connectivity index (χ3n) is 3.26. The van der Waals surface area contributed by atoms with Gasteiger partial charge in [0.25, 0.3) is 5.91 Å². The van der Waals surface area contributed by atoms with Crippen LogP contribution in [0, 0.1) is 0 Å². The van der Waals surface area contributed by atoms with Crippen molar-refractivity contribution in [3.05, 3.63) is 53.1 Å². The number of nitrogens with zero attached hydrogens (tertiary/aromatic N) is 1. The van der Waals surface area contributed by atoms with Crippen LogP contribution in [0.25, 0.3) is 0 Å². The summed E-state index contributed by atoms with van der Waals surface area (Å²) in [5, 5.41) is 0.386. The van der Waals surface area contributed by atoms with Crippen molar-refractivity contribution in [2.45, 2.75) is 0 Å². The summed E-state index contributed by atoms with van der Waals surface area (Å²) in [5.41, 5.74) is 7.37. The molecule has 0 atom stereocenters. The highest BCUT2D eigenvalue weighted by Gasteiger charge is 2.25. The number of hydrogen-bond donors (Lipinski definition) is 1. The molecule has 20 heavy (non-hydrogen) atoms. The number of rotatable bonds is 1. The molecule has 0 unspecified atom stereocenters. The van der Waals surface area contributed by atoms with Crippen LogP contribution in [-0.2, 0) is 0 Å². The van der Waals surface area contributed by atoms with Gasteiger partial charge in [0.2, 0.25) is 0 Å². The zero-order valence-corrected chi connectivity index (χ0v) is 11.4. The van der Waals surface area contributed by atoms with Crippen molar-refractivity contribution in [3.8, 4) is 5.75 Å². The van der Waals surface area contributed by atoms with Crippen molar-refractivity contribution in [1.82, 2.24) is 0 Å². The molecule has 1 amide bonds. The molecule has 1 aliphatic heterocycles. The van der Waals surface area contributed by atoms with Gasteiger partial charge in [-0.3, -0.25) is 4.79 Å². The van der Waals surface area contributed by atoms with Gasteiger partial charge in [0.05, 0.1) is 28.5 Å². The number of ether oxygens (including phenoxy) is 1. The number of nitrogens with two attached hydrogens (primary N) is 1. The van der Waals surface area contributed by atoms with E-state index < -0.39 is 0 Å². The summed E-state index contributed by atoms with van der Waals surface area (Å²) in [5.74, 6) is 0.536. The number of amides is 1. The summed E-state index contributed by atoms with van der Waals surface area (Å²) in [6.07, 6.45) is 0. The average Bonchev–Trinajstić information content (AvgIpc) is 2.49. The van der Waals surface area contributed by atoms with Gasteiger partial charge in [0.1, 0.15) is 12.4 Å². The Balaban J connectivity index is 2.02. The van der Waals surface area contributed by atoms with Gasteiger partial charge in [-0.05, 0) is 24.3 Å². The molecular formula is C15H13ClN2O2. The highest BCUT2D eigenvalue weighted by molar-refractivity contribution is 6.34. The first-order valence-corrected chi connectivity index (χ1v) is 6.64. The zero-order chi connectivity index (χ0) is 14.1. The highest BCUT2D eigenvalue weighted by Crippen LogP contribution is 2.33. The van der Waals surface area contributed by atoms with Gasteiger partial charge in [-0.25, -0.2) is 0 Å². The van der Waals surface area contributed by atoms with Crippen molar-refractivity contribution >= 4 is 28.9 Å². The lowest BCUT2D eigenvalue weighted by Crippen LogP contribution is -2.38. The van der Waals surface area contributed by atoms with Crippen LogP contribution in [0.1, 0.15) is 10.4 Å². The quantitative estimate of drug-likeness (QED) is 0.821. The molecule has 0 bridgehead atoms. The highest BCUT2D eigenvalue weighted by atomic mass is 35.5. The maximum atomic E-state index is 12.7. The van der Waals surface area contributed by atoms with E-state index in [4.69, 9.17) is 22.1 Å². The van der Waals surface area contributed by atoms with E-state index in [9.17, 15) is 4.79 Å². The van der Waals surface area contributed by atoms with Crippen LogP contribution in [0.3, 0.4) is 0 Å². The molecule has 2 aromatic carbocycles. The first kappa shape index (κ1) is 12.8. The third-order valence-corrected chi connectivity index (χ3v) is 3.59. The Bertz CT molecular complexity index is 673. The molecule has 0 aliphatic carbocycles. The fourth-order valence-electron chi connectivity index (χ4n) is 2.25. The molecule has 3 rings (SSSR count). The monoisotopic (exact) mass is 288 g/mol. The van der Waals surface area contributed by atoms with Crippen LogP contribution in [0.15, 0.2) is 42.5 Å². The molecule has 4 nitrogen and oxygen atoms in total. The molecular weight excluding hydrogens is 276 g/mol. The Kier molecular flexibility index (Phi) is 3.24. The number of carbonyl (C=O) groups is 1. The summed E-state index contributed by atoms with van der Waals surface area (Å²) in [6.45, 7) is 0.949. The van der Waals surface area contributed by atoms with Crippen LogP contribution < -0.4 is 15.4 Å². The molecule has 0 spiro atoms. The predicted octanol–water partition coefficient (Wildman–Crippen LogP) is 2.96. The standard InChI is InChI=1S/C15H13ClN2O2/c16-11-5-3-4-10(14(11)17)15(19)18-8-9-20-13-7-2-1-6-12(13)18/h1-7H,8-9,17H2. The number of anilines is 2. The number of hydrogen-bond acceptors (Lipinski definition) is 3. The fourth-order valence-corrected chi connectivity index (χ4v) is 2.42. The van der Waals surface area contributed by atoms with Crippen molar-refractivity contribution in [1.29, 1.82) is 0 Å². The van der Waals surface area contributed by atoms with Crippen molar-refractivity contribution in [2.75, 3.05) is 23.8 Å². The summed E-state index contributed by atoms with van der Waals surface area (Å²) in [6, 6.07) is 12.5. The van der Waals surface area contributed by atoms with E-state index in [1.165, 1.54) is 0 Å². The van der Waals surface area contributed by atoms with Crippen molar-refractivity contribution in [2.24, 2.45) is 0 Å². The number of benzene rings is 2. The molecule has 5 heteroatoms. The van der Waals surface area contributed by atoms with E-state index in [2.05, 4.69) is 0 Å². The Labute approximate surface area is 121 Å². The molecule has 0 saturated heterocycles. The molecule has 2 N–H and O–H groups in total. The van der Waals surface area contributed by atoms with E-state index in [-0.39, 0.29) is 5.91 Å². The SMILES string of the molecule is Nc1c(Cl)cccc1C(=O)N1CCOc2ccccc21. The van der Waals surface area contributed by atoms with Gasteiger partial charge in [0, 0.05) is 0 Å². The number of nitrogen functional groups attached to an aromatic ring is 1. The van der Waals surface area contributed by atoms with E-state index in [1.807, 2.05) is 24.3 Å². The smallest absolute Gasteiger partial charge is 0.260 e. The maximum Gasteiger partial charge on any atom is 0.260 e. The molecule has 0 aromatic heterocycles. The summed E-state index contributed by atoms with van der Waals surface area (Å²) in [4.78, 5) is 14.3. The Morgan fingerprint density at radius 1 is 1.20 bits per heavy atom. The molecule has 0 radical (unpaired) electrons. The van der Waals surface area contributed by atoms with Crippen LogP contribution >= 0.6 is 11.6 Å². The van der Waals surface area contributed by atoms with Gasteiger partial charge in [-0.1, -0.05) is 29.8 Å². The first-order valence-electron chi connectivity index (χ1n) is 6.26. The second-order valence-electron chi connectivity index (χ2n) is 4.47. The molecule has 1 heterocycles. The van der Waals surface area contributed by atoms with Crippen LogP contribution in [0.5, 0.6) is 5.75 Å². The van der Waals surface area contributed by atoms with E-state index >= 15 is 0 Å². The Hall–Kier alpha value is -2.20. The minimum atomic E-state index is -0.166. The molecule has 1 aliphatic rings. The average molecular weight is 289 g/mol. The van der Waals surface area contributed by atoms with Gasteiger partial charge in [-0.2, -0.15) is 0 Å². The van der Waals surface area contributed by atoms with E-state index in [1.54, 1.807) is 23.1 Å². The van der Waals surface area contributed by atoms with Gasteiger partial charge < -0.3 is 15.4 Å². The number of carbonyl (C=O) groups excluding carboxylic acids is 1. The third kappa shape index (κ3) is 2.08. The topological polar surface area (TPSA) is 55.6 Å². The molecule has 0 saturated carbocycles. The lowest BCUT2D eigenvalue weighted by Gasteiger charge is -2.29. The van der Waals surface area contributed by atoms with Gasteiger partial charge >= 0.3 is 0 Å². The minimum Gasteiger partial charge on any atom is -0.490 e. The van der Waals surface area contributed by atoms with Gasteiger partial charge in [-0.15, -0.1) is 0 Å². The Morgan fingerprint density at radius 2 is 2.00 bits per heavy atom. The second-order valence-corrected chi connectivity index (χ2v) is 4.88. The summed E-state index contributed by atoms with van der Waals surface area (Å²) < 4.78 is 5.54. The predicted molar refractivity (Wildman–Crippen MR) is 79.5 cm³/mol. The first-order chi connectivity index (χ1) is 9.68. The van der Waals surface area contributed by atoms with Crippen molar-refractivity contribution < 1.29 is 9.53 Å². The van der Waals surface area contributed by atoms with Crippen LogP contribution in [0.2, 0.25) is 5.02 Å². The maximum absolute atomic E-state index is 12.7. The lowest BCUT2D eigenvalue weighted by molar-refractivity contribution is 0.0977. The van der Waals surface area contributed by atoms with Crippen molar-refractivity contribution in [3.63, 3.8) is 0 Å². The summed E-state index contributed by atoms with van der Waals surface area (Å²) >= 11 is 5.98. The Morgan fingerprint density at radius 3 is 2.85 bits per heavy atom. The minimum absolute atomic E-state index is 0.166. The van der Waals surface area contributed by atoms with Gasteiger partial charge in [0.15, 0.2) is 0 Å². The van der Waals surface area contributed by atoms with Crippen LogP contribution in [-0.4, -0.2) is 19.1 Å². The normalized spacial score (nSPS) is 13.6. The number of fused-ring (bicyclic) bond motifs is 1. The second kappa shape index (κ2) is 5.06. The molecule has 2 aromatic rings. The largest absolute Gasteiger partial charge is 0.490 e. The fraction of sp³-hybridized carbons (Fsp3) is 0.133. The van der Waals surface area contributed by atoms with Crippen LogP contribution in [0.4, 0.5) is 11.4 Å².